The van der Waals surface area contributed by atoms with Gasteiger partial charge in [0, 0.05) is 30.6 Å². The molecule has 3 aliphatic rings. The van der Waals surface area contributed by atoms with E-state index in [1.807, 2.05) is 24.3 Å². The van der Waals surface area contributed by atoms with E-state index >= 15 is 0 Å². The zero-order chi connectivity index (χ0) is 20.2. The molecular formula is C23H21N3O4. The number of aromatic nitrogens is 2. The number of morpholine rings is 1. The fourth-order valence-electron chi connectivity index (χ4n) is 4.79. The summed E-state index contributed by atoms with van der Waals surface area (Å²) in [5.74, 6) is -0.287. The summed E-state index contributed by atoms with van der Waals surface area (Å²) in [6.07, 6.45) is 0.141. The van der Waals surface area contributed by atoms with Crippen LogP contribution >= 0.6 is 0 Å². The Kier molecular flexibility index (Phi) is 4.01. The highest BCUT2D eigenvalue weighted by Crippen LogP contribution is 2.37. The van der Waals surface area contributed by atoms with E-state index in [4.69, 9.17) is 14.5 Å². The van der Waals surface area contributed by atoms with E-state index in [1.165, 1.54) is 5.56 Å². The van der Waals surface area contributed by atoms with Crippen LogP contribution in [0.5, 0.6) is 0 Å². The molecule has 5 heterocycles. The van der Waals surface area contributed by atoms with Crippen molar-refractivity contribution in [2.75, 3.05) is 26.3 Å². The lowest BCUT2D eigenvalue weighted by Gasteiger charge is -2.27. The molecule has 1 fully saturated rings. The van der Waals surface area contributed by atoms with Gasteiger partial charge in [-0.3, -0.25) is 14.5 Å². The second-order valence-electron chi connectivity index (χ2n) is 8.09. The van der Waals surface area contributed by atoms with E-state index in [2.05, 4.69) is 11.0 Å². The summed E-state index contributed by atoms with van der Waals surface area (Å²) in [5, 5.41) is 1.13. The van der Waals surface area contributed by atoms with Gasteiger partial charge in [0.25, 0.3) is 5.56 Å². The lowest BCUT2D eigenvalue weighted by Crippen LogP contribution is -2.36. The van der Waals surface area contributed by atoms with Gasteiger partial charge in [-0.25, -0.2) is 4.98 Å². The highest BCUT2D eigenvalue weighted by molar-refractivity contribution is 5.88. The normalized spacial score (nSPS) is 18.1. The smallest absolute Gasteiger partial charge is 0.310 e. The first kappa shape index (κ1) is 17.8. The minimum Gasteiger partial charge on any atom is -0.460 e. The minimum atomic E-state index is -0.287. The number of carbonyl (C=O) groups is 1. The average Bonchev–Trinajstić information content (AvgIpc) is 3.13. The Morgan fingerprint density at radius 2 is 1.90 bits per heavy atom. The van der Waals surface area contributed by atoms with E-state index < -0.39 is 0 Å². The van der Waals surface area contributed by atoms with Crippen LogP contribution in [0, 0.1) is 0 Å². The van der Waals surface area contributed by atoms with Crippen molar-refractivity contribution >= 4 is 16.9 Å². The third-order valence-electron chi connectivity index (χ3n) is 6.36. The van der Waals surface area contributed by atoms with Crippen molar-refractivity contribution in [2.45, 2.75) is 26.1 Å². The molecule has 3 aromatic rings. The Morgan fingerprint density at radius 3 is 2.77 bits per heavy atom. The van der Waals surface area contributed by atoms with Crippen molar-refractivity contribution < 1.29 is 14.3 Å². The summed E-state index contributed by atoms with van der Waals surface area (Å²) >= 11 is 0. The summed E-state index contributed by atoms with van der Waals surface area (Å²) in [7, 11) is 0. The van der Waals surface area contributed by atoms with Crippen LogP contribution in [0.3, 0.4) is 0 Å². The monoisotopic (exact) mass is 403 g/mol. The maximum atomic E-state index is 13.2. The van der Waals surface area contributed by atoms with Crippen LogP contribution < -0.4 is 5.56 Å². The summed E-state index contributed by atoms with van der Waals surface area (Å²) in [6.45, 7) is 4.64. The fourth-order valence-corrected chi connectivity index (χ4v) is 4.79. The predicted octanol–water partition coefficient (Wildman–Crippen LogP) is 1.86. The van der Waals surface area contributed by atoms with Crippen LogP contribution in [0.2, 0.25) is 0 Å². The van der Waals surface area contributed by atoms with Gasteiger partial charge < -0.3 is 14.0 Å². The first-order chi connectivity index (χ1) is 14.7. The third kappa shape index (κ3) is 2.69. The number of hydrogen-bond donors (Lipinski definition) is 0. The van der Waals surface area contributed by atoms with Gasteiger partial charge >= 0.3 is 5.97 Å². The highest BCUT2D eigenvalue weighted by atomic mass is 16.5. The van der Waals surface area contributed by atoms with Gasteiger partial charge in [0.15, 0.2) is 0 Å². The molecular weight excluding hydrogens is 382 g/mol. The van der Waals surface area contributed by atoms with Crippen LogP contribution in [0.4, 0.5) is 0 Å². The van der Waals surface area contributed by atoms with Crippen LogP contribution in [-0.2, 0) is 40.4 Å². The molecule has 0 spiro atoms. The zero-order valence-electron chi connectivity index (χ0n) is 16.5. The molecule has 3 aliphatic heterocycles. The number of benzene rings is 1. The molecule has 7 nitrogen and oxygen atoms in total. The molecule has 152 valence electrons. The second kappa shape index (κ2) is 6.75. The van der Waals surface area contributed by atoms with Crippen LogP contribution in [0.25, 0.3) is 22.3 Å². The number of hydrogen-bond acceptors (Lipinski definition) is 6. The van der Waals surface area contributed by atoms with Crippen molar-refractivity contribution in [1.29, 1.82) is 0 Å². The van der Waals surface area contributed by atoms with E-state index in [9.17, 15) is 9.59 Å². The molecule has 6 rings (SSSR count). The molecule has 0 atom stereocenters. The Bertz CT molecular complexity index is 1260. The maximum absolute atomic E-state index is 13.2. The van der Waals surface area contributed by atoms with Crippen molar-refractivity contribution in [2.24, 2.45) is 0 Å². The number of carbonyl (C=O) groups excluding carboxylic acids is 1. The molecule has 0 unspecified atom stereocenters. The Morgan fingerprint density at radius 1 is 1.07 bits per heavy atom. The van der Waals surface area contributed by atoms with Gasteiger partial charge in [-0.1, -0.05) is 18.2 Å². The first-order valence-electron chi connectivity index (χ1n) is 10.3. The van der Waals surface area contributed by atoms with Crippen LogP contribution in [0.1, 0.15) is 22.3 Å². The van der Waals surface area contributed by atoms with E-state index in [0.717, 1.165) is 66.3 Å². The first-order valence-corrected chi connectivity index (χ1v) is 10.3. The molecule has 0 amide bonds. The predicted molar refractivity (Wildman–Crippen MR) is 110 cm³/mol. The Balaban J connectivity index is 1.54. The minimum absolute atomic E-state index is 0.0552. The van der Waals surface area contributed by atoms with Gasteiger partial charge in [0.05, 0.1) is 48.6 Å². The van der Waals surface area contributed by atoms with Crippen molar-refractivity contribution in [3.05, 3.63) is 62.9 Å². The largest absolute Gasteiger partial charge is 0.460 e. The number of rotatable bonds is 2. The quantitative estimate of drug-likeness (QED) is 0.476. The Labute approximate surface area is 172 Å². The van der Waals surface area contributed by atoms with E-state index in [0.29, 0.717) is 12.1 Å². The molecule has 7 heteroatoms. The standard InChI is InChI=1S/C23H21N3O4/c27-21-10-14-9-20-22-17(12-26(20)23(28)18(14)13-30-21)16(11-25-5-7-29-8-6-25)15-3-1-2-4-19(15)24-22/h1-4,9H,5-8,10-13H2. The van der Waals surface area contributed by atoms with Crippen molar-refractivity contribution in [3.63, 3.8) is 0 Å². The van der Waals surface area contributed by atoms with Crippen LogP contribution in [0.15, 0.2) is 35.1 Å². The SMILES string of the molecule is O=C1Cc2cc3n(c(=O)c2CO1)Cc1c-3nc2ccccc2c1CN1CCOCC1. The number of cyclic esters (lactones) is 1. The zero-order valence-corrected chi connectivity index (χ0v) is 16.5. The summed E-state index contributed by atoms with van der Waals surface area (Å²) in [6, 6.07) is 10.1. The lowest BCUT2D eigenvalue weighted by atomic mass is 9.99. The molecule has 0 aliphatic carbocycles. The number of para-hydroxylation sites is 1. The number of esters is 1. The lowest BCUT2D eigenvalue weighted by molar-refractivity contribution is -0.145. The molecule has 30 heavy (non-hydrogen) atoms. The molecule has 0 radical (unpaired) electrons. The van der Waals surface area contributed by atoms with Crippen LogP contribution in [-0.4, -0.2) is 46.7 Å². The topological polar surface area (TPSA) is 73.7 Å². The summed E-state index contributed by atoms with van der Waals surface area (Å²) in [5.41, 5.74) is 6.20. The summed E-state index contributed by atoms with van der Waals surface area (Å²) < 4.78 is 12.4. The Hall–Kier alpha value is -3.03. The molecule has 1 saturated heterocycles. The van der Waals surface area contributed by atoms with Gasteiger partial charge in [-0.05, 0) is 23.3 Å². The number of nitrogens with zero attached hydrogens (tertiary/aromatic N) is 3. The second-order valence-corrected chi connectivity index (χ2v) is 8.09. The van der Waals surface area contributed by atoms with Crippen molar-refractivity contribution in [1.82, 2.24) is 14.5 Å². The number of pyridine rings is 2. The van der Waals surface area contributed by atoms with E-state index in [-0.39, 0.29) is 24.6 Å². The average molecular weight is 403 g/mol. The summed E-state index contributed by atoms with van der Waals surface area (Å²) in [4.78, 5) is 32.3. The van der Waals surface area contributed by atoms with Gasteiger partial charge in [0.1, 0.15) is 6.61 Å². The number of fused-ring (bicyclic) bond motifs is 5. The molecule has 0 saturated carbocycles. The number of ether oxygens (including phenoxy) is 2. The molecule has 2 aromatic heterocycles. The van der Waals surface area contributed by atoms with Crippen molar-refractivity contribution in [3.8, 4) is 11.4 Å². The molecule has 0 bridgehead atoms. The highest BCUT2D eigenvalue weighted by Gasteiger charge is 2.30. The molecule has 1 aromatic carbocycles. The van der Waals surface area contributed by atoms with Gasteiger partial charge in [0.2, 0.25) is 0 Å². The maximum Gasteiger partial charge on any atom is 0.310 e. The van der Waals surface area contributed by atoms with E-state index in [1.54, 1.807) is 4.57 Å². The van der Waals surface area contributed by atoms with Gasteiger partial charge in [-0.15, -0.1) is 0 Å². The molecule has 0 N–H and O–H groups in total. The van der Waals surface area contributed by atoms with Gasteiger partial charge in [-0.2, -0.15) is 0 Å². The third-order valence-corrected chi connectivity index (χ3v) is 6.36. The fraction of sp³-hybridized carbons (Fsp3) is 0.348.